The van der Waals surface area contributed by atoms with Gasteiger partial charge in [-0.3, -0.25) is 19.3 Å². The van der Waals surface area contributed by atoms with Gasteiger partial charge in [0.1, 0.15) is 19.0 Å². The van der Waals surface area contributed by atoms with Gasteiger partial charge in [-0.05, 0) is 298 Å². The largest absolute Gasteiger partial charge is 0.360 e. The highest BCUT2D eigenvalue weighted by molar-refractivity contribution is 6.36. The Morgan fingerprint density at radius 2 is 0.860 bits per heavy atom. The molecule has 2 bridgehead atoms. The topological polar surface area (TPSA) is 187 Å². The summed E-state index contributed by atoms with van der Waals surface area (Å²) in [6, 6.07) is 70.7. The lowest BCUT2D eigenvalue weighted by Crippen LogP contribution is -2.55. The Morgan fingerprint density at radius 1 is 0.446 bits per heavy atom. The molecule has 3 N–H and O–H groups in total. The molecule has 9 aromatic rings. The molecule has 0 atom stereocenters. The SMILES string of the molecule is CC(C)C1CCC(N2CCC(OCC(=O)Nc3cc(Cl)cc(Cl)c3)(c3ccc(-c4cccc(C#N)c4)cc3)CC2)CC1.N#Cc1cccc(-c2ccc(C3(CCC(=O)Nc4ccc(F)c(Cl)c4)CCN(CC4CC4)CC3)cc2)c1.N#Cc1cccc(-c2ccc(C3(OCC(=O)Nc4cc(Cl)cc(Cl)c4)CCN(C4C5CCCC4CCC5)CC3)cc2)c1. The highest BCUT2D eigenvalue weighted by Gasteiger charge is 2.46. The number of carbonyl (C=O) groups excluding carboxylic acids is 3. The molecule has 0 aromatic heterocycles. The van der Waals surface area contributed by atoms with E-state index in [1.807, 2.05) is 72.8 Å². The molecule has 20 heteroatoms. The summed E-state index contributed by atoms with van der Waals surface area (Å²) in [5, 5.41) is 38.4. The van der Waals surface area contributed by atoms with Crippen molar-refractivity contribution >= 4 is 92.8 Å². The van der Waals surface area contributed by atoms with Crippen LogP contribution in [0.5, 0.6) is 0 Å². The maximum absolute atomic E-state index is 13.5. The highest BCUT2D eigenvalue weighted by Crippen LogP contribution is 2.48. The molecular formula is C101H107Cl5FN9O5. The van der Waals surface area contributed by atoms with Crippen LogP contribution in [-0.4, -0.2) is 104 Å². The second-order valence-corrected chi connectivity index (χ2v) is 36.9. The van der Waals surface area contributed by atoms with Crippen LogP contribution < -0.4 is 16.0 Å². The smallest absolute Gasteiger partial charge is 0.250 e. The Labute approximate surface area is 738 Å². The monoisotopic (exact) mass is 1720 g/mol. The summed E-state index contributed by atoms with van der Waals surface area (Å²) >= 11 is 30.4. The van der Waals surface area contributed by atoms with Crippen LogP contribution >= 0.6 is 58.0 Å². The van der Waals surface area contributed by atoms with Gasteiger partial charge in [0.25, 0.3) is 0 Å². The maximum atomic E-state index is 13.5. The van der Waals surface area contributed by atoms with Crippen molar-refractivity contribution in [2.45, 2.75) is 171 Å². The van der Waals surface area contributed by atoms with Crippen LogP contribution in [0.15, 0.2) is 200 Å². The number of benzene rings is 9. The van der Waals surface area contributed by atoms with Gasteiger partial charge in [-0.15, -0.1) is 0 Å². The summed E-state index contributed by atoms with van der Waals surface area (Å²) in [7, 11) is 0. The lowest BCUT2D eigenvalue weighted by Gasteiger charge is -2.52. The number of hydrogen-bond acceptors (Lipinski definition) is 11. The number of hydrogen-bond donors (Lipinski definition) is 3. The molecule has 3 heterocycles. The number of nitriles is 3. The lowest BCUT2D eigenvalue weighted by molar-refractivity contribution is -0.138. The molecule has 4 saturated carbocycles. The van der Waals surface area contributed by atoms with Crippen molar-refractivity contribution in [3.05, 3.63) is 265 Å². The Balaban J connectivity index is 0.000000149. The number of nitrogens with zero attached hydrogens (tertiary/aromatic N) is 6. The van der Waals surface area contributed by atoms with Gasteiger partial charge in [-0.2, -0.15) is 15.8 Å². The first kappa shape index (κ1) is 88.4. The van der Waals surface area contributed by atoms with Crippen molar-refractivity contribution in [3.8, 4) is 51.6 Å². The number of halogens is 6. The summed E-state index contributed by atoms with van der Waals surface area (Å²) in [5.41, 5.74) is 12.0. The average molecular weight is 1720 g/mol. The molecule has 3 aliphatic heterocycles. The van der Waals surface area contributed by atoms with E-state index >= 15 is 0 Å². The fourth-order valence-electron chi connectivity index (χ4n) is 19.8. The van der Waals surface area contributed by atoms with E-state index in [0.717, 1.165) is 158 Å². The van der Waals surface area contributed by atoms with Crippen LogP contribution in [0.25, 0.3) is 33.4 Å². The van der Waals surface area contributed by atoms with E-state index in [-0.39, 0.29) is 41.4 Å². The minimum absolute atomic E-state index is 0.00213. The van der Waals surface area contributed by atoms with Crippen LogP contribution in [-0.2, 0) is 40.5 Å². The van der Waals surface area contributed by atoms with Gasteiger partial charge in [0.2, 0.25) is 17.7 Å². The highest BCUT2D eigenvalue weighted by atomic mass is 35.5. The third-order valence-electron chi connectivity index (χ3n) is 26.7. The fraction of sp³-hybridized carbons (Fsp3) is 0.406. The minimum Gasteiger partial charge on any atom is -0.360 e. The number of amides is 3. The first-order valence-corrected chi connectivity index (χ1v) is 45.1. The molecule has 0 radical (unpaired) electrons. The fourth-order valence-corrected chi connectivity index (χ4v) is 21.0. The number of likely N-dealkylation sites (tertiary alicyclic amines) is 3. The van der Waals surface area contributed by atoms with Gasteiger partial charge < -0.3 is 35.2 Å². The number of ether oxygens (including phenoxy) is 2. The number of rotatable bonds is 23. The van der Waals surface area contributed by atoms with E-state index in [0.29, 0.717) is 72.3 Å². The molecule has 16 rings (SSSR count). The number of piperidine rings is 3. The van der Waals surface area contributed by atoms with Crippen LogP contribution in [0.3, 0.4) is 0 Å². The van der Waals surface area contributed by atoms with Crippen molar-refractivity contribution in [1.82, 2.24) is 14.7 Å². The summed E-state index contributed by atoms with van der Waals surface area (Å²) in [5.74, 6) is 3.04. The van der Waals surface area contributed by atoms with Crippen LogP contribution in [0.4, 0.5) is 21.5 Å². The van der Waals surface area contributed by atoms with E-state index in [9.17, 15) is 34.6 Å². The predicted molar refractivity (Wildman–Crippen MR) is 485 cm³/mol. The zero-order chi connectivity index (χ0) is 84.6. The molecule has 628 valence electrons. The first-order chi connectivity index (χ1) is 58.6. The maximum Gasteiger partial charge on any atom is 0.250 e. The zero-order valence-electron chi connectivity index (χ0n) is 69.1. The van der Waals surface area contributed by atoms with Gasteiger partial charge in [0.15, 0.2) is 0 Å². The van der Waals surface area contributed by atoms with E-state index < -0.39 is 17.0 Å². The number of fused-ring (bicyclic) bond motifs is 2. The van der Waals surface area contributed by atoms with Crippen molar-refractivity contribution < 1.29 is 28.2 Å². The Kier molecular flexibility index (Phi) is 30.0. The van der Waals surface area contributed by atoms with E-state index in [2.05, 4.69) is 136 Å². The molecule has 9 aromatic carbocycles. The molecular weight excluding hydrogens is 1620 g/mol. The van der Waals surface area contributed by atoms with Crippen LogP contribution in [0.1, 0.15) is 176 Å². The first-order valence-electron chi connectivity index (χ1n) is 43.2. The van der Waals surface area contributed by atoms with E-state index in [1.165, 1.54) is 107 Å². The quantitative estimate of drug-likeness (QED) is 0.0553. The van der Waals surface area contributed by atoms with Crippen LogP contribution in [0.2, 0.25) is 25.1 Å². The number of carbonyl (C=O) groups is 3. The molecule has 0 spiro atoms. The number of anilines is 3. The van der Waals surface area contributed by atoms with E-state index in [1.54, 1.807) is 36.4 Å². The van der Waals surface area contributed by atoms with Gasteiger partial charge in [0, 0.05) is 88.4 Å². The van der Waals surface area contributed by atoms with Crippen molar-refractivity contribution in [2.24, 2.45) is 29.6 Å². The van der Waals surface area contributed by atoms with Gasteiger partial charge >= 0.3 is 0 Å². The third-order valence-corrected chi connectivity index (χ3v) is 27.9. The predicted octanol–water partition coefficient (Wildman–Crippen LogP) is 24.3. The van der Waals surface area contributed by atoms with Gasteiger partial charge in [-0.25, -0.2) is 4.39 Å². The second kappa shape index (κ2) is 41.0. The summed E-state index contributed by atoms with van der Waals surface area (Å²) < 4.78 is 26.7. The molecule has 7 fully saturated rings. The van der Waals surface area contributed by atoms with Crippen LogP contribution in [0, 0.1) is 69.4 Å². The second-order valence-electron chi connectivity index (χ2n) is 34.7. The number of nitrogens with one attached hydrogen (secondary N) is 3. The van der Waals surface area contributed by atoms with Gasteiger partial charge in [-0.1, -0.05) is 194 Å². The molecule has 0 unspecified atom stereocenters. The zero-order valence-corrected chi connectivity index (χ0v) is 72.9. The molecule has 3 saturated heterocycles. The summed E-state index contributed by atoms with van der Waals surface area (Å²) in [6.07, 6.45) is 22.5. The van der Waals surface area contributed by atoms with Crippen molar-refractivity contribution in [1.29, 1.82) is 15.8 Å². The molecule has 14 nitrogen and oxygen atoms in total. The Morgan fingerprint density at radius 3 is 1.26 bits per heavy atom. The minimum atomic E-state index is -0.567. The van der Waals surface area contributed by atoms with E-state index in [4.69, 9.17) is 67.5 Å². The molecule has 7 aliphatic rings. The summed E-state index contributed by atoms with van der Waals surface area (Å²) in [6.45, 7) is 11.6. The average Bonchev–Trinajstić information content (AvgIpc) is 1.44. The standard InChI is InChI=1S/C35H37Cl2N3O2.C35H39Cl2N3O2.C31H31ClFN3O/c36-30-19-31(37)21-32(20-30)39-33(41)23-42-35(29-12-10-25(11-13-29)28-9-1-4-24(18-28)22-38)14-16-40(17-15-35)34-26-5-2-6-27(34)8-3-7-26;1-24(2)26-8-12-33(13-9-26)40-16-14-35(15-17-40,42-23-34(41)39-32-20-30(36)19-31(37)21-32)29-10-6-27(7-11-29)28-5-3-4-25(18-28)22-38;32-28-19-27(10-11-29(28)33)35-30(37)12-13-31(14-16-36(17-15-31)21-22-4-5-22)26-8-6-24(7-9-26)25-3-1-2-23(18-25)20-34/h1,4,9-13,18-21,26-27,34H,2-3,5-8,14-17,23H2,(H,39,41);3-7,10-11,18-21,24,26,33H,8-9,12-17,23H2,1-2H3,(H,39,41);1-3,6-11,18-19,22H,4-5,12-17,21H2,(H,35,37). The van der Waals surface area contributed by atoms with Gasteiger partial charge in [0.05, 0.1) is 51.1 Å². The Hall–Kier alpha value is -8.96. The normalized spacial score (nSPS) is 20.6. The van der Waals surface area contributed by atoms with Crippen molar-refractivity contribution in [3.63, 3.8) is 0 Å². The molecule has 121 heavy (non-hydrogen) atoms. The lowest BCUT2D eigenvalue weighted by atomic mass is 9.67. The Bertz CT molecular complexity index is 5140. The molecule has 4 aliphatic carbocycles. The summed E-state index contributed by atoms with van der Waals surface area (Å²) in [4.78, 5) is 46.9. The third kappa shape index (κ3) is 23.1. The van der Waals surface area contributed by atoms with Crippen molar-refractivity contribution in [2.75, 3.05) is 75.0 Å². The molecule has 3 amide bonds.